The maximum Gasteiger partial charge on any atom is 0.317 e. The number of rotatable bonds is 6. The third-order valence-electron chi connectivity index (χ3n) is 4.44. The molecule has 0 bridgehead atoms. The smallest absolute Gasteiger partial charge is 0.317 e. The Morgan fingerprint density at radius 1 is 1.22 bits per heavy atom. The number of aromatic nitrogens is 1. The lowest BCUT2D eigenvalue weighted by atomic mass is 9.92. The molecule has 2 unspecified atom stereocenters. The minimum absolute atomic E-state index is 0.0382. The number of primary amides is 1. The summed E-state index contributed by atoms with van der Waals surface area (Å²) in [6.07, 6.45) is 6.97. The standard InChI is InChI=1S/C21H18Cl2N4O4S/c22-20(9-8-15(11-21(20,23)30)17(32)26-19(24)29)13-31-27(16-7-4-10-25-12-16)18(28)14-5-2-1-3-6-14/h1-12,30H,13H2,(H3,24,26,29,32). The highest BCUT2D eigenvalue weighted by atomic mass is 35.5. The molecule has 3 rings (SSSR count). The van der Waals surface area contributed by atoms with Crippen molar-refractivity contribution in [1.82, 2.24) is 10.3 Å². The Bertz CT molecular complexity index is 1080. The Morgan fingerprint density at radius 3 is 2.53 bits per heavy atom. The van der Waals surface area contributed by atoms with Crippen molar-refractivity contribution in [2.45, 2.75) is 9.93 Å². The van der Waals surface area contributed by atoms with E-state index in [1.807, 2.05) is 0 Å². The van der Waals surface area contributed by atoms with Crippen molar-refractivity contribution in [3.63, 3.8) is 0 Å². The molecular formula is C21H18Cl2N4O4S. The second kappa shape index (κ2) is 9.76. The molecule has 0 saturated heterocycles. The van der Waals surface area contributed by atoms with E-state index in [0.717, 1.165) is 11.1 Å². The van der Waals surface area contributed by atoms with E-state index in [1.165, 1.54) is 18.3 Å². The number of nitrogens with one attached hydrogen (secondary N) is 1. The fraction of sp³-hybridized carbons (Fsp3) is 0.143. The number of nitrogens with two attached hydrogens (primary N) is 1. The number of thiocarbonyl (C=S) groups is 1. The minimum atomic E-state index is -2.17. The van der Waals surface area contributed by atoms with Gasteiger partial charge in [0.05, 0.1) is 11.9 Å². The molecule has 8 nitrogen and oxygen atoms in total. The molecule has 1 aromatic carbocycles. The second-order valence-corrected chi connectivity index (χ2v) is 8.40. The topological polar surface area (TPSA) is 118 Å². The van der Waals surface area contributed by atoms with Gasteiger partial charge in [-0.3, -0.25) is 19.9 Å². The lowest BCUT2D eigenvalue weighted by Gasteiger charge is -2.37. The molecule has 1 aromatic heterocycles. The van der Waals surface area contributed by atoms with Crippen molar-refractivity contribution in [2.24, 2.45) is 5.73 Å². The quantitative estimate of drug-likeness (QED) is 0.324. The van der Waals surface area contributed by atoms with E-state index in [1.54, 1.807) is 48.7 Å². The number of halogens is 2. The van der Waals surface area contributed by atoms with Crippen LogP contribution in [0.1, 0.15) is 10.4 Å². The predicted octanol–water partition coefficient (Wildman–Crippen LogP) is 3.06. The zero-order valence-corrected chi connectivity index (χ0v) is 18.8. The lowest BCUT2D eigenvalue weighted by Crippen LogP contribution is -2.50. The number of hydrogen-bond acceptors (Lipinski definition) is 6. The molecule has 11 heteroatoms. The summed E-state index contributed by atoms with van der Waals surface area (Å²) in [6.45, 7) is -0.404. The number of amides is 3. The Morgan fingerprint density at radius 2 is 1.94 bits per heavy atom. The molecule has 0 spiro atoms. The predicted molar refractivity (Wildman–Crippen MR) is 125 cm³/mol. The van der Waals surface area contributed by atoms with Gasteiger partial charge in [-0.1, -0.05) is 54.2 Å². The van der Waals surface area contributed by atoms with Crippen LogP contribution in [0.5, 0.6) is 0 Å². The van der Waals surface area contributed by atoms with Crippen molar-refractivity contribution in [3.8, 4) is 0 Å². The number of hydroxylamine groups is 1. The average Bonchev–Trinajstić information content (AvgIpc) is 2.76. The van der Waals surface area contributed by atoms with Crippen LogP contribution in [-0.2, 0) is 4.84 Å². The fourth-order valence-corrected chi connectivity index (χ4v) is 3.40. The van der Waals surface area contributed by atoms with Crippen LogP contribution >= 0.6 is 35.4 Å². The van der Waals surface area contributed by atoms with Gasteiger partial charge in [0.15, 0.2) is 5.06 Å². The van der Waals surface area contributed by atoms with E-state index in [-0.39, 0.29) is 10.6 Å². The number of benzene rings is 1. The minimum Gasteiger partial charge on any atom is -0.370 e. The van der Waals surface area contributed by atoms with Gasteiger partial charge in [-0.25, -0.2) is 4.79 Å². The Kier molecular flexibility index (Phi) is 7.27. The number of nitrogens with zero attached hydrogens (tertiary/aromatic N) is 2. The summed E-state index contributed by atoms with van der Waals surface area (Å²) in [5.41, 5.74) is 6.01. The number of aliphatic hydroxyl groups is 1. The molecular weight excluding hydrogens is 475 g/mol. The van der Waals surface area contributed by atoms with Crippen LogP contribution in [0.25, 0.3) is 0 Å². The van der Waals surface area contributed by atoms with Crippen LogP contribution < -0.4 is 16.1 Å². The molecule has 4 N–H and O–H groups in total. The molecule has 0 aliphatic heterocycles. The molecule has 2 atom stereocenters. The average molecular weight is 493 g/mol. The van der Waals surface area contributed by atoms with Crippen molar-refractivity contribution in [3.05, 3.63) is 84.2 Å². The first-order chi connectivity index (χ1) is 15.1. The van der Waals surface area contributed by atoms with E-state index in [4.69, 9.17) is 46.0 Å². The van der Waals surface area contributed by atoms with Gasteiger partial charge >= 0.3 is 6.03 Å². The molecule has 32 heavy (non-hydrogen) atoms. The highest BCUT2D eigenvalue weighted by Gasteiger charge is 2.48. The van der Waals surface area contributed by atoms with E-state index in [2.05, 4.69) is 10.3 Å². The first-order valence-corrected chi connectivity index (χ1v) is 10.3. The maximum absolute atomic E-state index is 13.1. The Balaban J connectivity index is 1.83. The van der Waals surface area contributed by atoms with Crippen LogP contribution in [0, 0.1) is 0 Å². The molecule has 1 aliphatic carbocycles. The van der Waals surface area contributed by atoms with Crippen molar-refractivity contribution in [1.29, 1.82) is 0 Å². The van der Waals surface area contributed by atoms with Crippen molar-refractivity contribution < 1.29 is 19.5 Å². The van der Waals surface area contributed by atoms with E-state index < -0.39 is 28.5 Å². The van der Waals surface area contributed by atoms with E-state index >= 15 is 0 Å². The van der Waals surface area contributed by atoms with Crippen LogP contribution in [0.4, 0.5) is 10.5 Å². The summed E-state index contributed by atoms with van der Waals surface area (Å²) in [5, 5.41) is 11.9. The van der Waals surface area contributed by atoms with Gasteiger partial charge in [0.2, 0.25) is 0 Å². The van der Waals surface area contributed by atoms with E-state index in [9.17, 15) is 14.7 Å². The highest BCUT2D eigenvalue weighted by molar-refractivity contribution is 7.80. The number of urea groups is 1. The van der Waals surface area contributed by atoms with E-state index in [0.29, 0.717) is 11.3 Å². The van der Waals surface area contributed by atoms with Crippen LogP contribution in [0.15, 0.2) is 78.7 Å². The van der Waals surface area contributed by atoms with Gasteiger partial charge in [0.25, 0.3) is 5.91 Å². The number of pyridine rings is 1. The molecule has 3 amide bonds. The van der Waals surface area contributed by atoms with Gasteiger partial charge in [-0.15, -0.1) is 11.6 Å². The largest absolute Gasteiger partial charge is 0.370 e. The third kappa shape index (κ3) is 5.32. The summed E-state index contributed by atoms with van der Waals surface area (Å²) in [4.78, 5) is 32.1. The first-order valence-electron chi connectivity index (χ1n) is 9.18. The molecule has 0 fully saturated rings. The molecule has 2 aromatic rings. The summed E-state index contributed by atoms with van der Waals surface area (Å²) >= 11 is 17.9. The van der Waals surface area contributed by atoms with Gasteiger partial charge < -0.3 is 10.8 Å². The number of hydrogen-bond donors (Lipinski definition) is 3. The van der Waals surface area contributed by atoms with Crippen LogP contribution in [0.3, 0.4) is 0 Å². The summed E-state index contributed by atoms with van der Waals surface area (Å²) in [6, 6.07) is 10.9. The molecule has 0 saturated carbocycles. The molecule has 166 valence electrons. The zero-order valence-electron chi connectivity index (χ0n) is 16.4. The summed E-state index contributed by atoms with van der Waals surface area (Å²) in [7, 11) is 0. The lowest BCUT2D eigenvalue weighted by molar-refractivity contribution is 0.0386. The SMILES string of the molecule is NC(=O)NC(=S)C1=CC(O)(Cl)C(Cl)(CON(C(=O)c2ccccc2)c2cccnc2)C=C1. The van der Waals surface area contributed by atoms with Crippen molar-refractivity contribution >= 4 is 58.0 Å². The molecule has 1 aliphatic rings. The third-order valence-corrected chi connectivity index (χ3v) is 5.85. The molecule has 0 radical (unpaired) electrons. The fourth-order valence-electron chi connectivity index (χ4n) is 2.77. The summed E-state index contributed by atoms with van der Waals surface area (Å²) < 4.78 is 0. The van der Waals surface area contributed by atoms with Gasteiger partial charge in [-0.05, 0) is 30.3 Å². The van der Waals surface area contributed by atoms with Gasteiger partial charge in [0.1, 0.15) is 16.5 Å². The molecule has 1 heterocycles. The maximum atomic E-state index is 13.1. The summed E-state index contributed by atoms with van der Waals surface area (Å²) in [5.74, 6) is -0.472. The van der Waals surface area contributed by atoms with Crippen LogP contribution in [0.2, 0.25) is 0 Å². The Labute approximate surface area is 199 Å². The van der Waals surface area contributed by atoms with Gasteiger partial charge in [0, 0.05) is 17.3 Å². The van der Waals surface area contributed by atoms with Gasteiger partial charge in [-0.2, -0.15) is 5.06 Å². The number of carbonyl (C=O) groups is 2. The highest BCUT2D eigenvalue weighted by Crippen LogP contribution is 2.41. The second-order valence-electron chi connectivity index (χ2n) is 6.74. The monoisotopic (exact) mass is 492 g/mol. The number of anilines is 1. The number of carbonyl (C=O) groups excluding carboxylic acids is 2. The number of alkyl halides is 2. The Hall–Kier alpha value is -2.82. The normalized spacial score (nSPS) is 22.0. The first kappa shape index (κ1) is 23.8. The zero-order chi connectivity index (χ0) is 23.4. The van der Waals surface area contributed by atoms with Crippen molar-refractivity contribution in [2.75, 3.05) is 11.7 Å². The van der Waals surface area contributed by atoms with Crippen LogP contribution in [-0.4, -0.2) is 43.6 Å².